The average molecular weight is 458 g/mol. The van der Waals surface area contributed by atoms with Crippen LogP contribution in [0.15, 0.2) is 16.7 Å². The largest absolute Gasteiger partial charge is 0.489 e. The van der Waals surface area contributed by atoms with Crippen LogP contribution in [0.4, 0.5) is 4.79 Å². The lowest BCUT2D eigenvalue weighted by Gasteiger charge is -2.33. The van der Waals surface area contributed by atoms with Gasteiger partial charge in [0.15, 0.2) is 5.75 Å². The Morgan fingerprint density at radius 3 is 2.52 bits per heavy atom. The van der Waals surface area contributed by atoms with E-state index in [1.807, 2.05) is 25.7 Å². The Bertz CT molecular complexity index is 950. The monoisotopic (exact) mass is 457 g/mol. The third kappa shape index (κ3) is 6.40. The molecule has 7 nitrogen and oxygen atoms in total. The van der Waals surface area contributed by atoms with Gasteiger partial charge in [0.2, 0.25) is 5.58 Å². The molecule has 0 atom stereocenters. The highest BCUT2D eigenvalue weighted by molar-refractivity contribution is 5.86. The molecule has 2 aromatic rings. The molecule has 1 aromatic carbocycles. The number of rotatable bonds is 8. The van der Waals surface area contributed by atoms with Gasteiger partial charge in [0, 0.05) is 30.6 Å². The van der Waals surface area contributed by atoms with Crippen LogP contribution >= 0.6 is 0 Å². The third-order valence-corrected chi connectivity index (χ3v) is 6.45. The van der Waals surface area contributed by atoms with Crippen molar-refractivity contribution in [3.63, 3.8) is 0 Å². The predicted molar refractivity (Wildman–Crippen MR) is 128 cm³/mol. The molecule has 7 heteroatoms. The van der Waals surface area contributed by atoms with E-state index in [1.165, 1.54) is 12.8 Å². The van der Waals surface area contributed by atoms with Gasteiger partial charge in [-0.2, -0.15) is 0 Å². The number of benzene rings is 1. The first-order valence-electron chi connectivity index (χ1n) is 12.3. The Morgan fingerprint density at radius 1 is 1.15 bits per heavy atom. The van der Waals surface area contributed by atoms with E-state index in [1.54, 1.807) is 0 Å². The van der Waals surface area contributed by atoms with Crippen molar-refractivity contribution in [2.45, 2.75) is 71.4 Å². The van der Waals surface area contributed by atoms with Gasteiger partial charge < -0.3 is 23.8 Å². The zero-order chi connectivity index (χ0) is 23.6. The molecular formula is C26H39N3O4. The Morgan fingerprint density at radius 2 is 1.88 bits per heavy atom. The fourth-order valence-electron chi connectivity index (χ4n) is 4.43. The SMILES string of the molecule is CN(C)Cc1ccc2c(CCC3CCN(C(=O)OC(C)(C)C)CC3)noc2c1OCC1CC1. The van der Waals surface area contributed by atoms with E-state index < -0.39 is 5.60 Å². The van der Waals surface area contributed by atoms with Crippen LogP contribution in [0.1, 0.15) is 64.1 Å². The van der Waals surface area contributed by atoms with Crippen molar-refractivity contribution < 1.29 is 18.8 Å². The minimum absolute atomic E-state index is 0.198. The van der Waals surface area contributed by atoms with Crippen molar-refractivity contribution in [2.75, 3.05) is 33.8 Å². The van der Waals surface area contributed by atoms with Gasteiger partial charge in [-0.05, 0) is 91.3 Å². The van der Waals surface area contributed by atoms with Crippen LogP contribution < -0.4 is 4.74 Å². The van der Waals surface area contributed by atoms with Gasteiger partial charge >= 0.3 is 6.09 Å². The Balaban J connectivity index is 1.37. The number of piperidine rings is 1. The summed E-state index contributed by atoms with van der Waals surface area (Å²) in [6.45, 7) is 8.80. The number of amides is 1. The van der Waals surface area contributed by atoms with E-state index in [4.69, 9.17) is 14.0 Å². The Labute approximate surface area is 197 Å². The second-order valence-corrected chi connectivity index (χ2v) is 11.0. The molecule has 2 aliphatic rings. The molecule has 1 aliphatic carbocycles. The number of carbonyl (C=O) groups excluding carboxylic acids is 1. The first kappa shape index (κ1) is 23.9. The molecule has 0 N–H and O–H groups in total. The molecule has 2 heterocycles. The molecule has 4 rings (SSSR count). The highest BCUT2D eigenvalue weighted by atomic mass is 16.6. The van der Waals surface area contributed by atoms with E-state index in [9.17, 15) is 4.79 Å². The normalized spacial score (nSPS) is 17.7. The fraction of sp³-hybridized carbons (Fsp3) is 0.692. The predicted octanol–water partition coefficient (Wildman–Crippen LogP) is 5.26. The van der Waals surface area contributed by atoms with E-state index >= 15 is 0 Å². The molecule has 2 fully saturated rings. The summed E-state index contributed by atoms with van der Waals surface area (Å²) in [5.74, 6) is 2.12. The van der Waals surface area contributed by atoms with Crippen molar-refractivity contribution >= 4 is 17.1 Å². The number of nitrogens with zero attached hydrogens (tertiary/aromatic N) is 3. The topological polar surface area (TPSA) is 68.0 Å². The summed E-state index contributed by atoms with van der Waals surface area (Å²) in [4.78, 5) is 16.3. The summed E-state index contributed by atoms with van der Waals surface area (Å²) >= 11 is 0. The molecular weight excluding hydrogens is 418 g/mol. The molecule has 182 valence electrons. The fourth-order valence-corrected chi connectivity index (χ4v) is 4.43. The molecule has 1 aromatic heterocycles. The lowest BCUT2D eigenvalue weighted by molar-refractivity contribution is 0.0181. The van der Waals surface area contributed by atoms with Crippen molar-refractivity contribution in [3.8, 4) is 5.75 Å². The highest BCUT2D eigenvalue weighted by Gasteiger charge is 2.28. The van der Waals surface area contributed by atoms with Crippen molar-refractivity contribution in [3.05, 3.63) is 23.4 Å². The molecule has 1 saturated heterocycles. The summed E-state index contributed by atoms with van der Waals surface area (Å²) in [6.07, 6.45) is 6.23. The third-order valence-electron chi connectivity index (χ3n) is 6.45. The maximum Gasteiger partial charge on any atom is 0.410 e. The number of aryl methyl sites for hydroxylation is 1. The van der Waals surface area contributed by atoms with E-state index in [0.29, 0.717) is 11.8 Å². The summed E-state index contributed by atoms with van der Waals surface area (Å²) in [7, 11) is 4.13. The van der Waals surface area contributed by atoms with Gasteiger partial charge in [-0.25, -0.2) is 4.79 Å². The number of fused-ring (bicyclic) bond motifs is 1. The summed E-state index contributed by atoms with van der Waals surface area (Å²) in [5.41, 5.74) is 2.48. The lowest BCUT2D eigenvalue weighted by Crippen LogP contribution is -2.41. The lowest BCUT2D eigenvalue weighted by atomic mass is 9.91. The minimum atomic E-state index is -0.449. The molecule has 0 radical (unpaired) electrons. The van der Waals surface area contributed by atoms with Gasteiger partial charge in [0.1, 0.15) is 5.60 Å². The van der Waals surface area contributed by atoms with Crippen LogP contribution in [0.25, 0.3) is 11.0 Å². The first-order chi connectivity index (χ1) is 15.7. The Kier molecular flexibility index (Phi) is 7.17. The summed E-state index contributed by atoms with van der Waals surface area (Å²) < 4.78 is 17.6. The quantitative estimate of drug-likeness (QED) is 0.539. The zero-order valence-corrected chi connectivity index (χ0v) is 20.9. The van der Waals surface area contributed by atoms with Crippen LogP contribution in [0.2, 0.25) is 0 Å². The number of likely N-dealkylation sites (tertiary alicyclic amines) is 1. The van der Waals surface area contributed by atoms with E-state index in [-0.39, 0.29) is 6.09 Å². The van der Waals surface area contributed by atoms with Crippen molar-refractivity contribution in [1.82, 2.24) is 15.0 Å². The number of aromatic nitrogens is 1. The van der Waals surface area contributed by atoms with Gasteiger partial charge in [0.25, 0.3) is 0 Å². The molecule has 1 saturated carbocycles. The van der Waals surface area contributed by atoms with E-state index in [0.717, 1.165) is 79.9 Å². The first-order valence-corrected chi connectivity index (χ1v) is 12.3. The average Bonchev–Trinajstić information content (AvgIpc) is 3.48. The minimum Gasteiger partial charge on any atom is -0.489 e. The zero-order valence-electron chi connectivity index (χ0n) is 20.9. The second-order valence-electron chi connectivity index (χ2n) is 11.0. The van der Waals surface area contributed by atoms with E-state index in [2.05, 4.69) is 36.3 Å². The van der Waals surface area contributed by atoms with Crippen molar-refractivity contribution in [1.29, 1.82) is 0 Å². The van der Waals surface area contributed by atoms with Crippen LogP contribution in [-0.2, 0) is 17.7 Å². The maximum atomic E-state index is 12.3. The molecule has 0 spiro atoms. The number of carbonyl (C=O) groups is 1. The van der Waals surface area contributed by atoms with Crippen molar-refractivity contribution in [2.24, 2.45) is 11.8 Å². The van der Waals surface area contributed by atoms with Crippen LogP contribution in [0.5, 0.6) is 5.75 Å². The van der Waals surface area contributed by atoms with Crippen LogP contribution in [-0.4, -0.2) is 60.4 Å². The molecule has 0 unspecified atom stereocenters. The van der Waals surface area contributed by atoms with Gasteiger partial charge in [-0.3, -0.25) is 0 Å². The van der Waals surface area contributed by atoms with Crippen LogP contribution in [0, 0.1) is 11.8 Å². The Hall–Kier alpha value is -2.28. The van der Waals surface area contributed by atoms with Gasteiger partial charge in [-0.1, -0.05) is 11.2 Å². The van der Waals surface area contributed by atoms with Gasteiger partial charge in [-0.15, -0.1) is 0 Å². The number of hydrogen-bond donors (Lipinski definition) is 0. The van der Waals surface area contributed by atoms with Gasteiger partial charge in [0.05, 0.1) is 12.3 Å². The maximum absolute atomic E-state index is 12.3. The number of hydrogen-bond acceptors (Lipinski definition) is 6. The number of ether oxygens (including phenoxy) is 2. The summed E-state index contributed by atoms with van der Waals surface area (Å²) in [6, 6.07) is 4.29. The molecule has 0 bridgehead atoms. The highest BCUT2D eigenvalue weighted by Crippen LogP contribution is 2.36. The summed E-state index contributed by atoms with van der Waals surface area (Å²) in [5, 5.41) is 5.50. The molecule has 1 aliphatic heterocycles. The van der Waals surface area contributed by atoms with Crippen LogP contribution in [0.3, 0.4) is 0 Å². The standard InChI is InChI=1S/C26H39N3O4/c1-26(2,3)32-25(30)29-14-12-18(13-15-29)8-11-22-21-10-9-20(16-28(4)5)23(24(21)33-27-22)31-17-19-6-7-19/h9-10,18-19H,6-8,11-17H2,1-5H3. The molecule has 1 amide bonds. The molecule has 33 heavy (non-hydrogen) atoms. The second kappa shape index (κ2) is 9.92. The smallest absolute Gasteiger partial charge is 0.410 e.